The number of hydrogen-bond acceptors (Lipinski definition) is 3. The van der Waals surface area contributed by atoms with Crippen LogP contribution >= 0.6 is 11.6 Å². The van der Waals surface area contributed by atoms with Gasteiger partial charge in [0.25, 0.3) is 0 Å². The quantitative estimate of drug-likeness (QED) is 0.792. The third kappa shape index (κ3) is 5.07. The van der Waals surface area contributed by atoms with E-state index in [1.165, 1.54) is 0 Å². The largest absolute Gasteiger partial charge is 0.491 e. The number of amides is 2. The number of carbonyl (C=O) groups is 1. The number of urea groups is 1. The lowest BCUT2D eigenvalue weighted by molar-refractivity contribution is 0.191. The topological polar surface area (TPSA) is 44.8 Å². The van der Waals surface area contributed by atoms with Crippen molar-refractivity contribution in [1.82, 2.24) is 10.2 Å². The number of nitrogens with zero attached hydrogens (tertiary/aromatic N) is 2. The van der Waals surface area contributed by atoms with Crippen molar-refractivity contribution in [2.24, 2.45) is 0 Å². The van der Waals surface area contributed by atoms with Gasteiger partial charge in [0.2, 0.25) is 0 Å². The van der Waals surface area contributed by atoms with Gasteiger partial charge < -0.3 is 19.9 Å². The molecule has 1 fully saturated rings. The minimum Gasteiger partial charge on any atom is -0.491 e. The predicted molar refractivity (Wildman–Crippen MR) is 110 cm³/mol. The molecule has 1 aliphatic heterocycles. The maximum absolute atomic E-state index is 12.4. The van der Waals surface area contributed by atoms with Gasteiger partial charge in [-0.15, -0.1) is 0 Å². The van der Waals surface area contributed by atoms with Crippen molar-refractivity contribution in [2.75, 3.05) is 44.2 Å². The van der Waals surface area contributed by atoms with Gasteiger partial charge in [0.05, 0.1) is 6.54 Å². The Morgan fingerprint density at radius 3 is 2.41 bits per heavy atom. The van der Waals surface area contributed by atoms with Crippen LogP contribution in [-0.2, 0) is 0 Å². The number of piperazine rings is 1. The smallest absolute Gasteiger partial charge is 0.317 e. The lowest BCUT2D eigenvalue weighted by Gasteiger charge is -2.36. The first-order valence-corrected chi connectivity index (χ1v) is 9.64. The second-order valence-corrected chi connectivity index (χ2v) is 7.19. The van der Waals surface area contributed by atoms with Crippen LogP contribution in [0.15, 0.2) is 42.5 Å². The van der Waals surface area contributed by atoms with Crippen LogP contribution in [0.4, 0.5) is 10.5 Å². The molecule has 0 bridgehead atoms. The van der Waals surface area contributed by atoms with E-state index in [2.05, 4.69) is 10.2 Å². The number of benzene rings is 2. The number of nitrogens with one attached hydrogen (secondary N) is 1. The normalized spacial score (nSPS) is 14.2. The number of halogens is 1. The van der Waals surface area contributed by atoms with E-state index < -0.39 is 0 Å². The second kappa shape index (κ2) is 9.00. The average Bonchev–Trinajstić information content (AvgIpc) is 2.67. The van der Waals surface area contributed by atoms with E-state index in [1.54, 1.807) is 0 Å². The van der Waals surface area contributed by atoms with Crippen LogP contribution in [0.3, 0.4) is 0 Å². The highest BCUT2D eigenvalue weighted by Crippen LogP contribution is 2.22. The van der Waals surface area contributed by atoms with E-state index in [9.17, 15) is 4.79 Å². The Hall–Kier alpha value is -2.40. The summed E-state index contributed by atoms with van der Waals surface area (Å²) < 4.78 is 5.84. The number of hydrogen-bond donors (Lipinski definition) is 1. The van der Waals surface area contributed by atoms with Crippen molar-refractivity contribution in [1.29, 1.82) is 0 Å². The zero-order valence-electron chi connectivity index (χ0n) is 15.9. The van der Waals surface area contributed by atoms with Crippen LogP contribution in [0.5, 0.6) is 5.75 Å². The van der Waals surface area contributed by atoms with Gasteiger partial charge in [0.15, 0.2) is 0 Å². The van der Waals surface area contributed by atoms with Crippen LogP contribution < -0.4 is 15.0 Å². The summed E-state index contributed by atoms with van der Waals surface area (Å²) in [5, 5.41) is 3.68. The van der Waals surface area contributed by atoms with Crippen molar-refractivity contribution in [3.05, 3.63) is 58.6 Å². The van der Waals surface area contributed by atoms with Gasteiger partial charge in [-0.3, -0.25) is 0 Å². The van der Waals surface area contributed by atoms with Crippen LogP contribution in [0.1, 0.15) is 11.1 Å². The molecule has 144 valence electrons. The van der Waals surface area contributed by atoms with Gasteiger partial charge in [0.1, 0.15) is 12.4 Å². The molecule has 6 heteroatoms. The summed E-state index contributed by atoms with van der Waals surface area (Å²) in [6.45, 7) is 7.98. The van der Waals surface area contributed by atoms with Gasteiger partial charge >= 0.3 is 6.03 Å². The molecule has 1 heterocycles. The van der Waals surface area contributed by atoms with Gasteiger partial charge in [0, 0.05) is 36.9 Å². The first kappa shape index (κ1) is 19.4. The van der Waals surface area contributed by atoms with E-state index in [1.807, 2.05) is 61.2 Å². The highest BCUT2D eigenvalue weighted by atomic mass is 35.5. The van der Waals surface area contributed by atoms with Crippen molar-refractivity contribution < 1.29 is 9.53 Å². The SMILES string of the molecule is Cc1cccc(C)c1OCCNC(=O)N1CCN(c2cccc(Cl)c2)CC1. The molecular formula is C21H26ClN3O2. The molecule has 3 rings (SSSR count). The van der Waals surface area contributed by atoms with Gasteiger partial charge in [-0.1, -0.05) is 35.9 Å². The molecule has 2 amide bonds. The molecule has 0 radical (unpaired) electrons. The molecule has 0 aliphatic carbocycles. The zero-order valence-corrected chi connectivity index (χ0v) is 16.6. The third-order valence-electron chi connectivity index (χ3n) is 4.77. The summed E-state index contributed by atoms with van der Waals surface area (Å²) in [5.41, 5.74) is 3.32. The number of anilines is 1. The van der Waals surface area contributed by atoms with E-state index >= 15 is 0 Å². The van der Waals surface area contributed by atoms with Crippen LogP contribution in [0.25, 0.3) is 0 Å². The molecule has 1 N–H and O–H groups in total. The van der Waals surface area contributed by atoms with Crippen LogP contribution in [0, 0.1) is 13.8 Å². The molecule has 0 unspecified atom stereocenters. The molecule has 0 aromatic heterocycles. The lowest BCUT2D eigenvalue weighted by Crippen LogP contribution is -2.52. The van der Waals surface area contributed by atoms with E-state index in [4.69, 9.17) is 16.3 Å². The number of carbonyl (C=O) groups excluding carboxylic acids is 1. The Morgan fingerprint density at radius 1 is 1.07 bits per heavy atom. The van der Waals surface area contributed by atoms with Gasteiger partial charge in [-0.25, -0.2) is 4.79 Å². The van der Waals surface area contributed by atoms with E-state index in [-0.39, 0.29) is 6.03 Å². The Labute approximate surface area is 165 Å². The average molecular weight is 388 g/mol. The molecule has 2 aromatic rings. The fraction of sp³-hybridized carbons (Fsp3) is 0.381. The molecule has 1 aliphatic rings. The Balaban J connectivity index is 1.41. The van der Waals surface area contributed by atoms with Crippen molar-refractivity contribution >= 4 is 23.3 Å². The first-order chi connectivity index (χ1) is 13.0. The molecule has 2 aromatic carbocycles. The van der Waals surface area contributed by atoms with Crippen LogP contribution in [-0.4, -0.2) is 50.3 Å². The second-order valence-electron chi connectivity index (χ2n) is 6.76. The highest BCUT2D eigenvalue weighted by molar-refractivity contribution is 6.30. The molecule has 1 saturated heterocycles. The third-order valence-corrected chi connectivity index (χ3v) is 5.01. The van der Waals surface area contributed by atoms with Gasteiger partial charge in [-0.05, 0) is 43.2 Å². The number of aryl methyl sites for hydroxylation is 2. The van der Waals surface area contributed by atoms with Crippen molar-refractivity contribution in [2.45, 2.75) is 13.8 Å². The molecular weight excluding hydrogens is 362 g/mol. The van der Waals surface area contributed by atoms with E-state index in [0.29, 0.717) is 26.2 Å². The lowest BCUT2D eigenvalue weighted by atomic mass is 10.1. The highest BCUT2D eigenvalue weighted by Gasteiger charge is 2.21. The molecule has 0 atom stereocenters. The summed E-state index contributed by atoms with van der Waals surface area (Å²) in [6.07, 6.45) is 0. The Bertz CT molecular complexity index is 768. The Morgan fingerprint density at radius 2 is 1.74 bits per heavy atom. The molecule has 0 saturated carbocycles. The summed E-state index contributed by atoms with van der Waals surface area (Å²) >= 11 is 6.06. The maximum Gasteiger partial charge on any atom is 0.317 e. The van der Waals surface area contributed by atoms with E-state index in [0.717, 1.165) is 40.7 Å². The molecule has 5 nitrogen and oxygen atoms in total. The summed E-state index contributed by atoms with van der Waals surface area (Å²) in [7, 11) is 0. The molecule has 0 spiro atoms. The van der Waals surface area contributed by atoms with Crippen molar-refractivity contribution in [3.8, 4) is 5.75 Å². The predicted octanol–water partition coefficient (Wildman–Crippen LogP) is 3.87. The minimum atomic E-state index is -0.0363. The number of rotatable bonds is 5. The fourth-order valence-corrected chi connectivity index (χ4v) is 3.47. The summed E-state index contributed by atoms with van der Waals surface area (Å²) in [5.74, 6) is 0.905. The molecule has 27 heavy (non-hydrogen) atoms. The maximum atomic E-state index is 12.4. The number of para-hydroxylation sites is 1. The monoisotopic (exact) mass is 387 g/mol. The first-order valence-electron chi connectivity index (χ1n) is 9.27. The van der Waals surface area contributed by atoms with Crippen LogP contribution in [0.2, 0.25) is 5.02 Å². The summed E-state index contributed by atoms with van der Waals surface area (Å²) in [6, 6.07) is 13.9. The number of ether oxygens (including phenoxy) is 1. The Kier molecular flexibility index (Phi) is 6.45. The van der Waals surface area contributed by atoms with Crippen molar-refractivity contribution in [3.63, 3.8) is 0 Å². The standard InChI is InChI=1S/C21H26ClN3O2/c1-16-5-3-6-17(2)20(16)27-14-9-23-21(26)25-12-10-24(11-13-25)19-8-4-7-18(22)15-19/h3-8,15H,9-14H2,1-2H3,(H,23,26). The fourth-order valence-electron chi connectivity index (χ4n) is 3.29. The zero-order chi connectivity index (χ0) is 19.2. The minimum absolute atomic E-state index is 0.0363. The summed E-state index contributed by atoms with van der Waals surface area (Å²) in [4.78, 5) is 16.5. The van der Waals surface area contributed by atoms with Gasteiger partial charge in [-0.2, -0.15) is 0 Å².